The number of phenols is 1. The zero-order valence-electron chi connectivity index (χ0n) is 41.7. The lowest BCUT2D eigenvalue weighted by atomic mass is 10.0. The van der Waals surface area contributed by atoms with Crippen molar-refractivity contribution in [2.75, 3.05) is 32.8 Å². The number of hydrogen-bond acceptors (Lipinski definition) is 12. The van der Waals surface area contributed by atoms with E-state index < -0.39 is 89.7 Å². The molecule has 19 nitrogen and oxygen atoms in total. The molecule has 0 spiro atoms. The number of amides is 7. The molecule has 3 aromatic rings. The monoisotopic (exact) mass is 998 g/mol. The van der Waals surface area contributed by atoms with Crippen molar-refractivity contribution in [2.45, 2.75) is 159 Å². The number of aliphatic hydroxyl groups is 1. The van der Waals surface area contributed by atoms with Gasteiger partial charge in [0.2, 0.25) is 35.4 Å². The second kappa shape index (κ2) is 26.9. The summed E-state index contributed by atoms with van der Waals surface area (Å²) in [6.45, 7) is 4.53. The number of carbonyl (C=O) groups is 7. The topological polar surface area (TPSA) is 288 Å². The number of ether oxygens (including phenoxy) is 1. The molecule has 0 bridgehead atoms. The number of nitrogens with one attached hydrogen (secondary N) is 5. The highest BCUT2D eigenvalue weighted by Gasteiger charge is 2.43. The van der Waals surface area contributed by atoms with Crippen LogP contribution in [-0.4, -0.2) is 143 Å². The van der Waals surface area contributed by atoms with E-state index in [0.717, 1.165) is 34.9 Å². The van der Waals surface area contributed by atoms with E-state index in [1.807, 2.05) is 18.2 Å². The number of carbonyl (C=O) groups excluding carboxylic acids is 7. The molecule has 3 fully saturated rings. The number of nitrogens with two attached hydrogens (primary N) is 2. The van der Waals surface area contributed by atoms with Crippen molar-refractivity contribution in [3.05, 3.63) is 71.8 Å². The van der Waals surface area contributed by atoms with Crippen molar-refractivity contribution in [1.82, 2.24) is 36.4 Å². The van der Waals surface area contributed by atoms with E-state index in [2.05, 4.69) is 33.5 Å². The van der Waals surface area contributed by atoms with Gasteiger partial charge in [-0.3, -0.25) is 33.6 Å². The van der Waals surface area contributed by atoms with E-state index in [1.54, 1.807) is 30.3 Å². The summed E-state index contributed by atoms with van der Waals surface area (Å²) in [6.07, 6.45) is 7.23. The van der Waals surface area contributed by atoms with Crippen LogP contribution in [0.1, 0.15) is 120 Å². The minimum absolute atomic E-state index is 0.00818. The Kier molecular flexibility index (Phi) is 20.6. The summed E-state index contributed by atoms with van der Waals surface area (Å²) in [5, 5.41) is 36.5. The number of phenolic OH excluding ortho intramolecular Hbond substituents is 1. The highest BCUT2D eigenvalue weighted by atomic mass is 16.5. The van der Waals surface area contributed by atoms with Gasteiger partial charge in [-0.25, -0.2) is 0 Å². The first-order valence-electron chi connectivity index (χ1n) is 25.9. The van der Waals surface area contributed by atoms with Gasteiger partial charge >= 0.3 is 0 Å². The van der Waals surface area contributed by atoms with Gasteiger partial charge in [-0.15, -0.1) is 0 Å². The molecule has 0 radical (unpaired) electrons. The molecule has 3 aromatic carbocycles. The molecule has 3 heterocycles. The summed E-state index contributed by atoms with van der Waals surface area (Å²) in [5.41, 5.74) is 13.2. The van der Waals surface area contributed by atoms with E-state index in [9.17, 15) is 43.8 Å². The molecule has 7 amide bonds. The third kappa shape index (κ3) is 15.1. The lowest BCUT2D eigenvalue weighted by Gasteiger charge is -2.32. The minimum atomic E-state index is -1.53. The Hall–Kier alpha value is -6.31. The van der Waals surface area contributed by atoms with Crippen LogP contribution >= 0.6 is 0 Å². The van der Waals surface area contributed by atoms with Crippen LogP contribution in [0.4, 0.5) is 0 Å². The maximum Gasteiger partial charge on any atom is 0.251 e. The number of unbranched alkanes of at least 4 members (excludes halogenated alkanes) is 5. The summed E-state index contributed by atoms with van der Waals surface area (Å²) in [5.74, 6) is -3.68. The van der Waals surface area contributed by atoms with Crippen molar-refractivity contribution in [3.63, 3.8) is 0 Å². The Bertz CT molecular complexity index is 2350. The second-order valence-corrected chi connectivity index (χ2v) is 19.5. The van der Waals surface area contributed by atoms with E-state index in [4.69, 9.17) is 16.2 Å². The van der Waals surface area contributed by atoms with Crippen molar-refractivity contribution in [1.29, 1.82) is 0 Å². The second-order valence-electron chi connectivity index (χ2n) is 19.5. The van der Waals surface area contributed by atoms with Crippen molar-refractivity contribution >= 4 is 52.1 Å². The molecular weight excluding hydrogens is 923 g/mol. The molecule has 0 saturated carbocycles. The average Bonchev–Trinajstić information content (AvgIpc) is 4.03. The lowest BCUT2D eigenvalue weighted by Crippen LogP contribution is -2.61. The standard InChI is InChI=1S/C53H75N9O10/c1-3-4-5-6-7-8-28-72-40-23-20-35-29-37(19-18-36(35)30-40)47(65)57-41-13-10-26-56-50(68)45-31-38(55)32-62(45)52(70)43(12-9-25-54)59-48(66)42(24-17-34-15-21-39(64)22-16-34)58-51(69)44-14-11-27-61(44)53(71)46(33(2)63)60-49(41)67/h15-16,18-23,29-30,33,38,41-46,63-64H,3-14,17,24-28,31-32,54-55H2,1-2H3,(H,56,68)(H,57,65)(H,58,69)(H,59,66)(H,60,67)/t33-,38+,41+,42+,43+,44+,45+,46+/m1/s1. The van der Waals surface area contributed by atoms with Gasteiger partial charge < -0.3 is 62.8 Å². The highest BCUT2D eigenvalue weighted by Crippen LogP contribution is 2.25. The molecule has 19 heteroatoms. The SMILES string of the molecule is CCCCCCCCOc1ccc2cc(C(=O)N[C@H]3CCCNC(=O)[C@@H]4C[C@H](N)CN4C(=O)[C@H](CCCN)NC(=O)[C@H](CCc4ccc(O)cc4)NC(=O)[C@@H]4CCCN4C(=O)[C@H]([C@@H](C)O)NC3=O)ccc2c1. The summed E-state index contributed by atoms with van der Waals surface area (Å²) < 4.78 is 6.01. The minimum Gasteiger partial charge on any atom is -0.508 e. The molecule has 72 heavy (non-hydrogen) atoms. The number of hydrogen-bond donors (Lipinski definition) is 9. The molecule has 3 aliphatic rings. The molecule has 8 atom stereocenters. The van der Waals surface area contributed by atoms with Crippen LogP contribution < -0.4 is 42.8 Å². The van der Waals surface area contributed by atoms with Crippen molar-refractivity contribution in [3.8, 4) is 11.5 Å². The smallest absolute Gasteiger partial charge is 0.251 e. The fourth-order valence-corrected chi connectivity index (χ4v) is 9.72. The summed E-state index contributed by atoms with van der Waals surface area (Å²) in [7, 11) is 0. The first-order valence-corrected chi connectivity index (χ1v) is 25.9. The van der Waals surface area contributed by atoms with Gasteiger partial charge in [0.1, 0.15) is 47.8 Å². The molecule has 0 aliphatic carbocycles. The number of aromatic hydroxyl groups is 1. The molecule has 3 aliphatic heterocycles. The van der Waals surface area contributed by atoms with Crippen LogP contribution in [0.3, 0.4) is 0 Å². The number of fused-ring (bicyclic) bond motifs is 3. The van der Waals surface area contributed by atoms with Crippen molar-refractivity contribution in [2.24, 2.45) is 11.5 Å². The molecule has 3 saturated heterocycles. The first kappa shape index (κ1) is 55.0. The van der Waals surface area contributed by atoms with Gasteiger partial charge in [-0.05, 0) is 130 Å². The molecular formula is C53H75N9O10. The normalized spacial score (nSPS) is 24.3. The number of aryl methyl sites for hydroxylation is 1. The zero-order valence-corrected chi connectivity index (χ0v) is 41.7. The third-order valence-corrected chi connectivity index (χ3v) is 13.8. The van der Waals surface area contributed by atoms with Gasteiger partial charge in [0.15, 0.2) is 0 Å². The van der Waals surface area contributed by atoms with Gasteiger partial charge in [-0.1, -0.05) is 63.3 Å². The van der Waals surface area contributed by atoms with Crippen LogP contribution in [-0.2, 0) is 35.2 Å². The van der Waals surface area contributed by atoms with Crippen LogP contribution in [0.15, 0.2) is 60.7 Å². The first-order chi connectivity index (χ1) is 34.7. The Morgan fingerprint density at radius 3 is 2.25 bits per heavy atom. The lowest BCUT2D eigenvalue weighted by molar-refractivity contribution is -0.144. The maximum absolute atomic E-state index is 14.4. The van der Waals surface area contributed by atoms with Gasteiger partial charge in [0.25, 0.3) is 5.91 Å². The maximum atomic E-state index is 14.4. The average molecular weight is 998 g/mol. The Morgan fingerprint density at radius 2 is 1.50 bits per heavy atom. The van der Waals surface area contributed by atoms with E-state index in [-0.39, 0.29) is 82.4 Å². The molecule has 392 valence electrons. The largest absolute Gasteiger partial charge is 0.508 e. The van der Waals surface area contributed by atoms with Crippen molar-refractivity contribution < 1.29 is 48.5 Å². The predicted molar refractivity (Wildman–Crippen MR) is 271 cm³/mol. The fraction of sp³-hybridized carbons (Fsp3) is 0.566. The van der Waals surface area contributed by atoms with Gasteiger partial charge in [0, 0.05) is 31.2 Å². The number of benzene rings is 3. The van der Waals surface area contributed by atoms with Crippen LogP contribution in [0.2, 0.25) is 0 Å². The number of nitrogens with zero attached hydrogens (tertiary/aromatic N) is 2. The van der Waals surface area contributed by atoms with Crippen LogP contribution in [0.25, 0.3) is 10.8 Å². The Morgan fingerprint density at radius 1 is 0.778 bits per heavy atom. The third-order valence-electron chi connectivity index (χ3n) is 13.8. The van der Waals surface area contributed by atoms with Crippen LogP contribution in [0.5, 0.6) is 11.5 Å². The zero-order chi connectivity index (χ0) is 51.7. The number of aliphatic hydroxyl groups excluding tert-OH is 1. The number of rotatable bonds is 17. The summed E-state index contributed by atoms with van der Waals surface area (Å²) in [6, 6.07) is 9.41. The Labute approximate surface area is 421 Å². The molecule has 0 aromatic heterocycles. The van der Waals surface area contributed by atoms with E-state index in [0.29, 0.717) is 19.4 Å². The fourth-order valence-electron chi connectivity index (χ4n) is 9.72. The summed E-state index contributed by atoms with van der Waals surface area (Å²) >= 11 is 0. The molecule has 6 rings (SSSR count). The molecule has 0 unspecified atom stereocenters. The molecule has 11 N–H and O–H groups in total. The van der Waals surface area contributed by atoms with Crippen LogP contribution in [0, 0.1) is 0 Å². The van der Waals surface area contributed by atoms with E-state index >= 15 is 0 Å². The van der Waals surface area contributed by atoms with Gasteiger partial charge in [0.05, 0.1) is 12.7 Å². The van der Waals surface area contributed by atoms with Gasteiger partial charge in [-0.2, -0.15) is 0 Å². The quantitative estimate of drug-likeness (QED) is 0.0882. The predicted octanol–water partition coefficient (Wildman–Crippen LogP) is 2.42. The summed E-state index contributed by atoms with van der Waals surface area (Å²) in [4.78, 5) is 102. The Balaban J connectivity index is 1.25. The highest BCUT2D eigenvalue weighted by molar-refractivity contribution is 6.02. The van der Waals surface area contributed by atoms with E-state index in [1.165, 1.54) is 54.5 Å².